The van der Waals surface area contributed by atoms with Gasteiger partial charge in [0.1, 0.15) is 5.75 Å². The second kappa shape index (κ2) is 7.60. The monoisotopic (exact) mass is 412 g/mol. The minimum Gasteiger partial charge on any atom is -0.507 e. The van der Waals surface area contributed by atoms with E-state index in [1.165, 1.54) is 6.92 Å². The minimum atomic E-state index is -4.51. The normalized spacial score (nSPS) is 17.5. The van der Waals surface area contributed by atoms with Gasteiger partial charge in [0.2, 0.25) is 0 Å². The van der Waals surface area contributed by atoms with Crippen molar-refractivity contribution in [2.45, 2.75) is 32.0 Å². The molecule has 0 radical (unpaired) electrons. The number of aryl methyl sites for hydroxylation is 1. The summed E-state index contributed by atoms with van der Waals surface area (Å²) in [5.74, 6) is -0.452. The predicted molar refractivity (Wildman–Crippen MR) is 103 cm³/mol. The lowest BCUT2D eigenvalue weighted by atomic mass is 10.00. The highest BCUT2D eigenvalue weighted by Gasteiger charge is 2.32. The number of phenols is 1. The molecular formula is C19H20ClF3N4O. The zero-order valence-electron chi connectivity index (χ0n) is 15.1. The number of hydrogen-bond donors (Lipinski definition) is 2. The molecule has 1 atom stereocenters. The van der Waals surface area contributed by atoms with Gasteiger partial charge in [0.25, 0.3) is 0 Å². The number of nitrogens with zero attached hydrogens (tertiary/aromatic N) is 3. The van der Waals surface area contributed by atoms with Gasteiger partial charge < -0.3 is 15.0 Å². The van der Waals surface area contributed by atoms with Crippen molar-refractivity contribution in [3.05, 3.63) is 41.6 Å². The first-order chi connectivity index (χ1) is 12.8. The number of aromatic hydroxyl groups is 1. The third kappa shape index (κ3) is 3.66. The van der Waals surface area contributed by atoms with Crippen LogP contribution < -0.4 is 5.32 Å². The number of rotatable bonds is 2. The maximum atomic E-state index is 12.9. The molecule has 0 spiro atoms. The second-order valence-corrected chi connectivity index (χ2v) is 6.92. The Bertz CT molecular complexity index is 973. The quantitative estimate of drug-likeness (QED) is 0.651. The summed E-state index contributed by atoms with van der Waals surface area (Å²) in [6.07, 6.45) is -0.407. The van der Waals surface area contributed by atoms with Crippen LogP contribution in [0.2, 0.25) is 0 Å². The van der Waals surface area contributed by atoms with Gasteiger partial charge in [-0.25, -0.2) is 0 Å². The molecule has 4 rings (SSSR count). The number of hydrogen-bond acceptors (Lipinski definition) is 4. The lowest BCUT2D eigenvalue weighted by Gasteiger charge is -2.24. The topological polar surface area (TPSA) is 63.0 Å². The molecule has 9 heteroatoms. The third-order valence-corrected chi connectivity index (χ3v) is 5.02. The van der Waals surface area contributed by atoms with Crippen molar-refractivity contribution in [3.63, 3.8) is 0 Å². The van der Waals surface area contributed by atoms with Gasteiger partial charge in [-0.3, -0.25) is 0 Å². The molecular weight excluding hydrogens is 393 g/mol. The molecule has 1 aliphatic rings. The Kier molecular flexibility index (Phi) is 5.54. The molecule has 1 aromatic carbocycles. The molecule has 3 aromatic rings. The van der Waals surface area contributed by atoms with Crippen molar-refractivity contribution < 1.29 is 18.3 Å². The van der Waals surface area contributed by atoms with E-state index in [9.17, 15) is 18.3 Å². The van der Waals surface area contributed by atoms with Gasteiger partial charge in [-0.1, -0.05) is 0 Å². The number of fused-ring (bicyclic) bond motifs is 1. The van der Waals surface area contributed by atoms with Gasteiger partial charge >= 0.3 is 6.18 Å². The smallest absolute Gasteiger partial charge is 0.416 e. The zero-order valence-corrected chi connectivity index (χ0v) is 15.9. The van der Waals surface area contributed by atoms with E-state index in [1.54, 1.807) is 6.07 Å². The fourth-order valence-electron chi connectivity index (χ4n) is 3.71. The van der Waals surface area contributed by atoms with E-state index in [0.717, 1.165) is 49.1 Å². The highest BCUT2D eigenvalue weighted by Crippen LogP contribution is 2.39. The average molecular weight is 413 g/mol. The molecule has 28 heavy (non-hydrogen) atoms. The van der Waals surface area contributed by atoms with Crippen LogP contribution in [0.15, 0.2) is 30.5 Å². The SMILES string of the molecule is Cc1cc(C(F)(F)F)cc(O)c1-c1cc2ccn([C@@H]3CCCNC3)c2nn1.Cl. The molecule has 2 N–H and O–H groups in total. The first-order valence-electron chi connectivity index (χ1n) is 8.81. The molecule has 1 aliphatic heterocycles. The Hall–Kier alpha value is -2.32. The van der Waals surface area contributed by atoms with Crippen LogP contribution in [0.1, 0.15) is 30.0 Å². The van der Waals surface area contributed by atoms with Crippen LogP contribution in [0.3, 0.4) is 0 Å². The number of piperidine rings is 1. The van der Waals surface area contributed by atoms with Crippen LogP contribution >= 0.6 is 12.4 Å². The maximum Gasteiger partial charge on any atom is 0.416 e. The van der Waals surface area contributed by atoms with E-state index in [0.29, 0.717) is 17.3 Å². The van der Waals surface area contributed by atoms with Crippen LogP contribution in [-0.2, 0) is 6.18 Å². The Morgan fingerprint density at radius 3 is 2.64 bits per heavy atom. The molecule has 0 aliphatic carbocycles. The van der Waals surface area contributed by atoms with Gasteiger partial charge in [0, 0.05) is 29.7 Å². The van der Waals surface area contributed by atoms with Gasteiger partial charge in [-0.2, -0.15) is 13.2 Å². The van der Waals surface area contributed by atoms with E-state index >= 15 is 0 Å². The highest BCUT2D eigenvalue weighted by molar-refractivity contribution is 5.85. The Morgan fingerprint density at radius 2 is 2.00 bits per heavy atom. The molecule has 1 saturated heterocycles. The van der Waals surface area contributed by atoms with Crippen LogP contribution in [0.25, 0.3) is 22.3 Å². The van der Waals surface area contributed by atoms with Crippen LogP contribution in [0, 0.1) is 6.92 Å². The van der Waals surface area contributed by atoms with Gasteiger partial charge in [0.05, 0.1) is 11.3 Å². The number of alkyl halides is 3. The average Bonchev–Trinajstić information content (AvgIpc) is 3.04. The van der Waals surface area contributed by atoms with Crippen LogP contribution in [-0.4, -0.2) is 33.0 Å². The molecule has 0 bridgehead atoms. The lowest BCUT2D eigenvalue weighted by Crippen LogP contribution is -2.31. The predicted octanol–water partition coefficient (Wildman–Crippen LogP) is 4.48. The number of benzene rings is 1. The van der Waals surface area contributed by atoms with Crippen molar-refractivity contribution in [2.75, 3.05) is 13.1 Å². The Balaban J connectivity index is 0.00000225. The van der Waals surface area contributed by atoms with E-state index in [4.69, 9.17) is 0 Å². The van der Waals surface area contributed by atoms with Crippen molar-refractivity contribution in [3.8, 4) is 17.0 Å². The fourth-order valence-corrected chi connectivity index (χ4v) is 3.71. The van der Waals surface area contributed by atoms with E-state index in [2.05, 4.69) is 20.1 Å². The Morgan fingerprint density at radius 1 is 1.21 bits per heavy atom. The number of halogens is 4. The molecule has 150 valence electrons. The van der Waals surface area contributed by atoms with Crippen molar-refractivity contribution >= 4 is 23.4 Å². The summed E-state index contributed by atoms with van der Waals surface area (Å²) in [6.45, 7) is 3.40. The Labute approximate surface area is 166 Å². The number of nitrogens with one attached hydrogen (secondary N) is 1. The molecule has 0 amide bonds. The molecule has 3 heterocycles. The molecule has 1 fully saturated rings. The second-order valence-electron chi connectivity index (χ2n) is 6.92. The first kappa shape index (κ1) is 20.4. The van der Waals surface area contributed by atoms with Crippen molar-refractivity contribution in [1.82, 2.24) is 20.1 Å². The molecule has 0 saturated carbocycles. The summed E-state index contributed by atoms with van der Waals surface area (Å²) in [6, 6.07) is 5.72. The van der Waals surface area contributed by atoms with Crippen molar-refractivity contribution in [1.29, 1.82) is 0 Å². The summed E-state index contributed by atoms with van der Waals surface area (Å²) in [5, 5.41) is 22.9. The summed E-state index contributed by atoms with van der Waals surface area (Å²) in [7, 11) is 0. The largest absolute Gasteiger partial charge is 0.507 e. The van der Waals surface area contributed by atoms with Gasteiger partial charge in [0.15, 0.2) is 5.65 Å². The highest BCUT2D eigenvalue weighted by atomic mass is 35.5. The van der Waals surface area contributed by atoms with Gasteiger partial charge in [-0.05, 0) is 56.1 Å². The zero-order chi connectivity index (χ0) is 19.2. The molecule has 5 nitrogen and oxygen atoms in total. The van der Waals surface area contributed by atoms with E-state index in [1.807, 2.05) is 12.3 Å². The third-order valence-electron chi connectivity index (χ3n) is 5.02. The number of aromatic nitrogens is 3. The van der Waals surface area contributed by atoms with Gasteiger partial charge in [-0.15, -0.1) is 22.6 Å². The standard InChI is InChI=1S/C19H19F3N4O.ClH/c1-11-7-13(19(20,21)22)9-16(27)17(11)15-8-12-4-6-26(18(12)25-24-15)14-3-2-5-23-10-14;/h4,6-9,14,23,27H,2-3,5,10H2,1H3;1H/t14-;/m1./s1. The van der Waals surface area contributed by atoms with E-state index < -0.39 is 17.5 Å². The van der Waals surface area contributed by atoms with E-state index in [-0.39, 0.29) is 18.0 Å². The van der Waals surface area contributed by atoms with Crippen LogP contribution in [0.4, 0.5) is 13.2 Å². The molecule has 0 unspecified atom stereocenters. The summed E-state index contributed by atoms with van der Waals surface area (Å²) >= 11 is 0. The first-order valence-corrected chi connectivity index (χ1v) is 8.81. The minimum absolute atomic E-state index is 0. The summed E-state index contributed by atoms with van der Waals surface area (Å²) < 4.78 is 40.8. The summed E-state index contributed by atoms with van der Waals surface area (Å²) in [4.78, 5) is 0. The van der Waals surface area contributed by atoms with Crippen LogP contribution in [0.5, 0.6) is 5.75 Å². The number of phenolic OH excluding ortho intramolecular Hbond substituents is 1. The fraction of sp³-hybridized carbons (Fsp3) is 0.368. The lowest BCUT2D eigenvalue weighted by molar-refractivity contribution is -0.137. The van der Waals surface area contributed by atoms with Crippen molar-refractivity contribution in [2.24, 2.45) is 0 Å². The molecule has 2 aromatic heterocycles. The summed E-state index contributed by atoms with van der Waals surface area (Å²) in [5.41, 5.74) is 0.768. The maximum absolute atomic E-state index is 12.9.